The number of rotatable bonds is 11. The summed E-state index contributed by atoms with van der Waals surface area (Å²) in [7, 11) is 3.26. The van der Waals surface area contributed by atoms with Gasteiger partial charge in [0.05, 0.1) is 39.7 Å². The maximum atomic E-state index is 5.73. The van der Waals surface area contributed by atoms with Gasteiger partial charge in [-0.1, -0.05) is 0 Å². The van der Waals surface area contributed by atoms with E-state index in [9.17, 15) is 0 Å². The fraction of sp³-hybridized carbons (Fsp3) is 0.542. The molecule has 2 aromatic rings. The van der Waals surface area contributed by atoms with E-state index in [1.807, 2.05) is 31.2 Å². The number of guanidine groups is 1. The van der Waals surface area contributed by atoms with Crippen LogP contribution in [0.1, 0.15) is 44.1 Å². The van der Waals surface area contributed by atoms with Gasteiger partial charge in [0.25, 0.3) is 0 Å². The van der Waals surface area contributed by atoms with Crippen LogP contribution < -0.4 is 24.8 Å². The molecule has 1 aromatic heterocycles. The van der Waals surface area contributed by atoms with Crippen LogP contribution >= 0.6 is 24.0 Å². The molecule has 1 atom stereocenters. The van der Waals surface area contributed by atoms with E-state index >= 15 is 0 Å². The van der Waals surface area contributed by atoms with Gasteiger partial charge in [0.2, 0.25) is 5.75 Å². The Morgan fingerprint density at radius 1 is 1.12 bits per heavy atom. The summed E-state index contributed by atoms with van der Waals surface area (Å²) in [4.78, 5) is 7.25. The van der Waals surface area contributed by atoms with Gasteiger partial charge in [-0.05, 0) is 69.6 Å². The number of halogens is 1. The van der Waals surface area contributed by atoms with Gasteiger partial charge in [0, 0.05) is 13.1 Å². The van der Waals surface area contributed by atoms with Crippen LogP contribution in [0.15, 0.2) is 39.9 Å². The molecule has 0 radical (unpaired) electrons. The molecule has 2 N–H and O–H groups in total. The van der Waals surface area contributed by atoms with Crippen LogP contribution in [0.3, 0.4) is 0 Å². The monoisotopic (exact) mass is 572 g/mol. The second kappa shape index (κ2) is 14.2. The molecule has 1 fully saturated rings. The smallest absolute Gasteiger partial charge is 0.203 e. The van der Waals surface area contributed by atoms with Crippen molar-refractivity contribution in [2.24, 2.45) is 4.99 Å². The molecule has 1 aromatic carbocycles. The van der Waals surface area contributed by atoms with Gasteiger partial charge in [0.15, 0.2) is 17.5 Å². The lowest BCUT2D eigenvalue weighted by molar-refractivity contribution is 0.215. The molecule has 1 aliphatic rings. The first-order valence-corrected chi connectivity index (χ1v) is 11.4. The topological polar surface area (TPSA) is 80.5 Å². The Balaban J connectivity index is 0.00000385. The molecule has 1 aliphatic heterocycles. The van der Waals surface area contributed by atoms with Crippen LogP contribution in [0.4, 0.5) is 0 Å². The van der Waals surface area contributed by atoms with Crippen LogP contribution in [0.2, 0.25) is 0 Å². The largest absolute Gasteiger partial charge is 0.493 e. The van der Waals surface area contributed by atoms with E-state index in [4.69, 9.17) is 23.6 Å². The molecule has 2 heterocycles. The van der Waals surface area contributed by atoms with Crippen molar-refractivity contribution in [1.82, 2.24) is 15.5 Å². The third-order valence-corrected chi connectivity index (χ3v) is 5.49. The number of nitrogens with zero attached hydrogens (tertiary/aromatic N) is 2. The molecule has 1 unspecified atom stereocenters. The summed E-state index contributed by atoms with van der Waals surface area (Å²) in [5.41, 5.74) is 0.974. The van der Waals surface area contributed by atoms with Crippen LogP contribution in [0.5, 0.6) is 17.2 Å². The Morgan fingerprint density at radius 2 is 1.82 bits per heavy atom. The van der Waals surface area contributed by atoms with Crippen LogP contribution in [0.25, 0.3) is 0 Å². The number of hydrogen-bond donors (Lipinski definition) is 2. The van der Waals surface area contributed by atoms with Gasteiger partial charge in [-0.3, -0.25) is 4.90 Å². The van der Waals surface area contributed by atoms with Gasteiger partial charge >= 0.3 is 0 Å². The van der Waals surface area contributed by atoms with Gasteiger partial charge in [0.1, 0.15) is 5.76 Å². The fourth-order valence-corrected chi connectivity index (χ4v) is 3.96. The summed E-state index contributed by atoms with van der Waals surface area (Å²) in [6, 6.07) is 8.06. The highest BCUT2D eigenvalue weighted by Gasteiger charge is 2.25. The molecule has 8 nitrogen and oxygen atoms in total. The summed E-state index contributed by atoms with van der Waals surface area (Å²) >= 11 is 0. The number of likely N-dealkylation sites (tertiary alicyclic amines) is 1. The molecule has 0 aliphatic carbocycles. The van der Waals surface area contributed by atoms with E-state index in [-0.39, 0.29) is 30.0 Å². The Hall–Kier alpha value is -2.14. The van der Waals surface area contributed by atoms with Crippen molar-refractivity contribution in [3.05, 3.63) is 41.9 Å². The van der Waals surface area contributed by atoms with Gasteiger partial charge in [-0.2, -0.15) is 0 Å². The molecule has 0 bridgehead atoms. The highest BCUT2D eigenvalue weighted by Crippen LogP contribution is 2.38. The van der Waals surface area contributed by atoms with Crippen LogP contribution in [-0.2, 0) is 6.54 Å². The Kier molecular flexibility index (Phi) is 11.7. The number of methoxy groups -OCH3 is 2. The zero-order valence-electron chi connectivity index (χ0n) is 20.1. The first kappa shape index (κ1) is 27.1. The molecule has 1 saturated heterocycles. The van der Waals surface area contributed by atoms with Crippen LogP contribution in [0, 0.1) is 0 Å². The Labute approximate surface area is 214 Å². The zero-order valence-corrected chi connectivity index (χ0v) is 22.4. The molecule has 9 heteroatoms. The first-order valence-electron chi connectivity index (χ1n) is 11.4. The van der Waals surface area contributed by atoms with E-state index in [0.717, 1.165) is 43.5 Å². The standard InChI is InChI=1S/C24H36N4O4.HI/c1-5-25-24(27-17-19(20-10-9-13-32-20)28-11-7-8-12-28)26-16-18-14-21(29-3)23(31-6-2)22(15-18)30-4;/h9-10,13-15,19H,5-8,11-12,16-17H2,1-4H3,(H2,25,26,27);1H. The quantitative estimate of drug-likeness (QED) is 0.237. The average Bonchev–Trinajstić information content (AvgIpc) is 3.53. The lowest BCUT2D eigenvalue weighted by Gasteiger charge is -2.26. The van der Waals surface area contributed by atoms with Crippen molar-refractivity contribution in [2.45, 2.75) is 39.3 Å². The zero-order chi connectivity index (χ0) is 22.8. The lowest BCUT2D eigenvalue weighted by Crippen LogP contribution is -2.42. The predicted molar refractivity (Wildman–Crippen MR) is 141 cm³/mol. The average molecular weight is 572 g/mol. The highest BCUT2D eigenvalue weighted by molar-refractivity contribution is 14.0. The molecule has 184 valence electrons. The van der Waals surface area contributed by atoms with Crippen LogP contribution in [-0.4, -0.2) is 57.9 Å². The molecule has 33 heavy (non-hydrogen) atoms. The normalized spacial score (nSPS) is 15.0. The minimum Gasteiger partial charge on any atom is -0.493 e. The number of ether oxygens (including phenoxy) is 3. The Bertz CT molecular complexity index is 829. The maximum absolute atomic E-state index is 5.73. The molecular weight excluding hydrogens is 535 g/mol. The summed E-state index contributed by atoms with van der Waals surface area (Å²) in [6.07, 6.45) is 4.20. The van der Waals surface area contributed by atoms with Gasteiger partial charge in [-0.15, -0.1) is 24.0 Å². The summed E-state index contributed by atoms with van der Waals surface area (Å²) in [5.74, 6) is 3.64. The molecular formula is C24H37IN4O4. The van der Waals surface area contributed by atoms with Gasteiger partial charge in [-0.25, -0.2) is 4.99 Å². The molecule has 0 saturated carbocycles. The number of aliphatic imine (C=N–C) groups is 1. The number of furan rings is 1. The van der Waals surface area contributed by atoms with Crippen molar-refractivity contribution < 1.29 is 18.6 Å². The van der Waals surface area contributed by atoms with Crippen molar-refractivity contribution in [2.75, 3.05) is 47.0 Å². The minimum atomic E-state index is 0. The Morgan fingerprint density at radius 3 is 2.36 bits per heavy atom. The molecule has 0 spiro atoms. The SMILES string of the molecule is CCNC(=NCc1cc(OC)c(OCC)c(OC)c1)NCC(c1ccco1)N1CCCC1.I. The van der Waals surface area contributed by atoms with Crippen molar-refractivity contribution in [3.8, 4) is 17.2 Å². The van der Waals surface area contributed by atoms with E-state index in [2.05, 4.69) is 22.5 Å². The number of nitrogens with one attached hydrogen (secondary N) is 2. The first-order chi connectivity index (χ1) is 15.7. The second-order valence-electron chi connectivity index (χ2n) is 7.61. The van der Waals surface area contributed by atoms with Crippen molar-refractivity contribution >= 4 is 29.9 Å². The van der Waals surface area contributed by atoms with Crippen molar-refractivity contribution in [1.29, 1.82) is 0 Å². The van der Waals surface area contributed by atoms with E-state index < -0.39 is 0 Å². The highest BCUT2D eigenvalue weighted by atomic mass is 127. The lowest BCUT2D eigenvalue weighted by atomic mass is 10.2. The molecule has 3 rings (SSSR count). The minimum absolute atomic E-state index is 0. The third-order valence-electron chi connectivity index (χ3n) is 5.49. The summed E-state index contributed by atoms with van der Waals surface area (Å²) in [6.45, 7) is 8.68. The number of benzene rings is 1. The predicted octanol–water partition coefficient (Wildman–Crippen LogP) is 4.21. The molecule has 0 amide bonds. The van der Waals surface area contributed by atoms with Gasteiger partial charge < -0.3 is 29.3 Å². The van der Waals surface area contributed by atoms with Crippen molar-refractivity contribution in [3.63, 3.8) is 0 Å². The van der Waals surface area contributed by atoms with E-state index in [1.54, 1.807) is 20.5 Å². The number of hydrogen-bond acceptors (Lipinski definition) is 6. The summed E-state index contributed by atoms with van der Waals surface area (Å²) in [5, 5.41) is 6.83. The second-order valence-corrected chi connectivity index (χ2v) is 7.61. The van der Waals surface area contributed by atoms with E-state index in [1.165, 1.54) is 12.8 Å². The third kappa shape index (κ3) is 7.43. The fourth-order valence-electron chi connectivity index (χ4n) is 3.96. The summed E-state index contributed by atoms with van der Waals surface area (Å²) < 4.78 is 22.4. The van der Waals surface area contributed by atoms with E-state index in [0.29, 0.717) is 30.4 Å². The maximum Gasteiger partial charge on any atom is 0.203 e.